The van der Waals surface area contributed by atoms with Gasteiger partial charge in [0, 0.05) is 19.4 Å². The highest BCUT2D eigenvalue weighted by atomic mass is 32.1. The summed E-state index contributed by atoms with van der Waals surface area (Å²) in [5, 5.41) is 14.7. The summed E-state index contributed by atoms with van der Waals surface area (Å²) in [4.78, 5) is 22.9. The topological polar surface area (TPSA) is 93.2 Å². The number of ether oxygens (including phenoxy) is 1. The van der Waals surface area contributed by atoms with Gasteiger partial charge in [0.2, 0.25) is 5.13 Å². The lowest BCUT2D eigenvalue weighted by molar-refractivity contribution is -0.140. The average Bonchev–Trinajstić information content (AvgIpc) is 3.03. The number of aromatic nitrogens is 2. The van der Waals surface area contributed by atoms with E-state index in [4.69, 9.17) is 0 Å². The van der Waals surface area contributed by atoms with E-state index in [1.165, 1.54) is 36.9 Å². The van der Waals surface area contributed by atoms with E-state index in [-0.39, 0.29) is 12.0 Å². The average molecular weight is 352 g/mol. The first-order valence-corrected chi connectivity index (χ1v) is 9.11. The van der Waals surface area contributed by atoms with Crippen molar-refractivity contribution in [3.05, 3.63) is 16.7 Å². The maximum absolute atomic E-state index is 11.8. The van der Waals surface area contributed by atoms with Crippen LogP contribution in [0.2, 0.25) is 0 Å². The summed E-state index contributed by atoms with van der Waals surface area (Å²) in [5.74, 6) is -0.231. The number of amides is 2. The van der Waals surface area contributed by atoms with Gasteiger partial charge in [-0.1, -0.05) is 23.0 Å². The van der Waals surface area contributed by atoms with Crippen molar-refractivity contribution in [1.82, 2.24) is 15.5 Å². The van der Waals surface area contributed by atoms with E-state index in [9.17, 15) is 9.59 Å². The molecule has 0 aromatic carbocycles. The fraction of sp³-hybridized carbons (Fsp3) is 0.625. The van der Waals surface area contributed by atoms with Crippen LogP contribution in [0.15, 0.2) is 11.6 Å². The number of esters is 1. The predicted molar refractivity (Wildman–Crippen MR) is 93.1 cm³/mol. The van der Waals surface area contributed by atoms with Crippen molar-refractivity contribution in [3.8, 4) is 0 Å². The number of allylic oxidation sites excluding steroid dienone is 1. The van der Waals surface area contributed by atoms with Gasteiger partial charge < -0.3 is 10.1 Å². The van der Waals surface area contributed by atoms with Gasteiger partial charge in [-0.25, -0.2) is 4.79 Å². The predicted octanol–water partition coefficient (Wildman–Crippen LogP) is 3.05. The minimum absolute atomic E-state index is 0.231. The van der Waals surface area contributed by atoms with E-state index >= 15 is 0 Å². The molecule has 0 radical (unpaired) electrons. The largest absolute Gasteiger partial charge is 0.469 e. The minimum atomic E-state index is -0.260. The number of nitrogens with zero attached hydrogens (tertiary/aromatic N) is 2. The van der Waals surface area contributed by atoms with Crippen molar-refractivity contribution >= 4 is 28.5 Å². The number of aryl methyl sites for hydroxylation is 1. The quantitative estimate of drug-likeness (QED) is 0.554. The normalized spacial score (nSPS) is 14.0. The molecule has 2 amide bonds. The lowest BCUT2D eigenvalue weighted by Crippen LogP contribution is -2.29. The number of carbonyl (C=O) groups is 2. The maximum Gasteiger partial charge on any atom is 0.321 e. The van der Waals surface area contributed by atoms with Crippen LogP contribution in [-0.4, -0.2) is 35.9 Å². The zero-order valence-corrected chi connectivity index (χ0v) is 14.8. The Hall–Kier alpha value is -1.96. The van der Waals surface area contributed by atoms with Crippen LogP contribution in [0.5, 0.6) is 0 Å². The van der Waals surface area contributed by atoms with E-state index in [2.05, 4.69) is 31.6 Å². The van der Waals surface area contributed by atoms with Gasteiger partial charge in [-0.3, -0.25) is 10.1 Å². The Kier molecular flexibility index (Phi) is 7.67. The fourth-order valence-corrected chi connectivity index (χ4v) is 3.28. The molecule has 1 heterocycles. The van der Waals surface area contributed by atoms with Gasteiger partial charge in [0.05, 0.1) is 7.11 Å². The van der Waals surface area contributed by atoms with Gasteiger partial charge in [-0.2, -0.15) is 0 Å². The number of anilines is 1. The molecule has 2 N–H and O–H groups in total. The van der Waals surface area contributed by atoms with Crippen molar-refractivity contribution in [2.45, 2.75) is 51.4 Å². The number of methoxy groups -OCH3 is 1. The number of rotatable bonds is 8. The second-order valence-electron chi connectivity index (χ2n) is 5.67. The van der Waals surface area contributed by atoms with E-state index < -0.39 is 0 Å². The first kappa shape index (κ1) is 18.4. The molecule has 1 aliphatic carbocycles. The smallest absolute Gasteiger partial charge is 0.321 e. The zero-order chi connectivity index (χ0) is 17.2. The van der Waals surface area contributed by atoms with E-state index in [0.29, 0.717) is 30.9 Å². The Morgan fingerprint density at radius 2 is 2.17 bits per heavy atom. The molecule has 0 saturated carbocycles. The molecule has 0 unspecified atom stereocenters. The molecule has 1 aromatic heterocycles. The van der Waals surface area contributed by atoms with E-state index in [1.807, 2.05) is 0 Å². The Morgan fingerprint density at radius 1 is 1.29 bits per heavy atom. The highest BCUT2D eigenvalue weighted by Crippen LogP contribution is 2.19. The highest BCUT2D eigenvalue weighted by Gasteiger charge is 2.09. The van der Waals surface area contributed by atoms with E-state index in [0.717, 1.165) is 24.3 Å². The number of urea groups is 1. The van der Waals surface area contributed by atoms with Crippen LogP contribution < -0.4 is 10.6 Å². The van der Waals surface area contributed by atoms with E-state index in [1.54, 1.807) is 0 Å². The van der Waals surface area contributed by atoms with Gasteiger partial charge in [0.25, 0.3) is 0 Å². The molecule has 2 rings (SSSR count). The summed E-state index contributed by atoms with van der Waals surface area (Å²) in [7, 11) is 1.37. The van der Waals surface area contributed by atoms with Crippen LogP contribution in [0.25, 0.3) is 0 Å². The summed E-state index contributed by atoms with van der Waals surface area (Å²) in [6.07, 6.45) is 9.68. The highest BCUT2D eigenvalue weighted by molar-refractivity contribution is 7.15. The maximum atomic E-state index is 11.8. The molecule has 1 aromatic rings. The number of hydrogen-bond donors (Lipinski definition) is 2. The molecule has 0 atom stereocenters. The molecule has 8 heteroatoms. The SMILES string of the molecule is COC(=O)CCCc1nnc(NC(=O)NCCC2=CCCCC2)s1. The van der Waals surface area contributed by atoms with Crippen LogP contribution in [-0.2, 0) is 16.0 Å². The molecular formula is C16H24N4O3S. The van der Waals surface area contributed by atoms with Gasteiger partial charge >= 0.3 is 12.0 Å². The third kappa shape index (κ3) is 6.66. The van der Waals surface area contributed by atoms with Crippen molar-refractivity contribution in [3.63, 3.8) is 0 Å². The third-order valence-corrected chi connectivity index (χ3v) is 4.70. The molecule has 0 fully saturated rings. The monoisotopic (exact) mass is 352 g/mol. The van der Waals surface area contributed by atoms with Crippen LogP contribution in [0.1, 0.15) is 50.0 Å². The van der Waals surface area contributed by atoms with Gasteiger partial charge in [-0.05, 0) is 38.5 Å². The fourth-order valence-electron chi connectivity index (χ4n) is 2.50. The molecule has 24 heavy (non-hydrogen) atoms. The molecule has 0 bridgehead atoms. The Bertz CT molecular complexity index is 586. The summed E-state index contributed by atoms with van der Waals surface area (Å²) in [6.45, 7) is 0.627. The lowest BCUT2D eigenvalue weighted by Gasteiger charge is -2.12. The molecule has 0 spiro atoms. The van der Waals surface area contributed by atoms with Gasteiger partial charge in [0.15, 0.2) is 0 Å². The number of hydrogen-bond acceptors (Lipinski definition) is 6. The molecular weight excluding hydrogens is 328 g/mol. The third-order valence-electron chi connectivity index (χ3n) is 3.80. The van der Waals surface area contributed by atoms with Crippen molar-refractivity contribution < 1.29 is 14.3 Å². The minimum Gasteiger partial charge on any atom is -0.469 e. The molecule has 0 aliphatic heterocycles. The number of nitrogens with one attached hydrogen (secondary N) is 2. The molecule has 1 aliphatic rings. The molecule has 132 valence electrons. The van der Waals surface area contributed by atoms with Gasteiger partial charge in [0.1, 0.15) is 5.01 Å². The summed E-state index contributed by atoms with van der Waals surface area (Å²) in [5.41, 5.74) is 1.44. The lowest BCUT2D eigenvalue weighted by atomic mass is 9.97. The Balaban J connectivity index is 1.64. The molecule has 7 nitrogen and oxygen atoms in total. The summed E-state index contributed by atoms with van der Waals surface area (Å²) in [6, 6.07) is -0.260. The summed E-state index contributed by atoms with van der Waals surface area (Å²) < 4.78 is 4.59. The van der Waals surface area contributed by atoms with Crippen LogP contribution in [0.3, 0.4) is 0 Å². The standard InChI is InChI=1S/C16H24N4O3S/c1-23-14(21)9-5-8-13-19-20-16(24-13)18-15(22)17-11-10-12-6-3-2-4-7-12/h6H,2-5,7-11H2,1H3,(H2,17,18,20,22). The zero-order valence-electron chi connectivity index (χ0n) is 14.0. The molecule has 0 saturated heterocycles. The number of carbonyl (C=O) groups excluding carboxylic acids is 2. The van der Waals surface area contributed by atoms with Crippen molar-refractivity contribution in [1.29, 1.82) is 0 Å². The van der Waals surface area contributed by atoms with Crippen LogP contribution in [0.4, 0.5) is 9.93 Å². The Morgan fingerprint density at radius 3 is 2.92 bits per heavy atom. The first-order chi connectivity index (χ1) is 11.7. The van der Waals surface area contributed by atoms with Crippen LogP contribution in [0, 0.1) is 0 Å². The van der Waals surface area contributed by atoms with Gasteiger partial charge in [-0.15, -0.1) is 10.2 Å². The second-order valence-corrected chi connectivity index (χ2v) is 6.73. The van der Waals surface area contributed by atoms with Crippen molar-refractivity contribution in [2.75, 3.05) is 19.0 Å². The summed E-state index contributed by atoms with van der Waals surface area (Å²) >= 11 is 1.32. The van der Waals surface area contributed by atoms with Crippen molar-refractivity contribution in [2.24, 2.45) is 0 Å². The second kappa shape index (κ2) is 10.0. The first-order valence-electron chi connectivity index (χ1n) is 8.29. The Labute approximate surface area is 145 Å². The van der Waals surface area contributed by atoms with Crippen LogP contribution >= 0.6 is 11.3 Å².